The highest BCUT2D eigenvalue weighted by Gasteiger charge is 2.09. The van der Waals surface area contributed by atoms with Crippen molar-refractivity contribution in [2.75, 3.05) is 17.6 Å². The Morgan fingerprint density at radius 3 is 3.00 bits per heavy atom. The molecule has 2 aromatic rings. The van der Waals surface area contributed by atoms with Gasteiger partial charge in [0.15, 0.2) is 0 Å². The van der Waals surface area contributed by atoms with Crippen molar-refractivity contribution in [3.63, 3.8) is 0 Å². The number of hydrogen-bond donors (Lipinski definition) is 2. The molecule has 0 saturated carbocycles. The Hall–Kier alpha value is -1.36. The molecule has 4 nitrogen and oxygen atoms in total. The van der Waals surface area contributed by atoms with Crippen LogP contribution in [0.1, 0.15) is 25.3 Å². The first-order valence-corrected chi connectivity index (χ1v) is 6.35. The number of fused-ring (bicyclic) bond motifs is 1. The third kappa shape index (κ3) is 2.09. The number of aromatic nitrogens is 2. The molecule has 16 heavy (non-hydrogen) atoms. The van der Waals surface area contributed by atoms with Gasteiger partial charge in [-0.15, -0.1) is 11.3 Å². The molecule has 0 amide bonds. The Kier molecular flexibility index (Phi) is 3.24. The fraction of sp³-hybridized carbons (Fsp3) is 0.455. The molecule has 0 radical (unpaired) electrons. The van der Waals surface area contributed by atoms with Gasteiger partial charge in [-0.3, -0.25) is 0 Å². The number of nitrogens with zero attached hydrogens (tertiary/aromatic N) is 2. The van der Waals surface area contributed by atoms with E-state index in [0.29, 0.717) is 5.95 Å². The van der Waals surface area contributed by atoms with E-state index in [2.05, 4.69) is 27.6 Å². The van der Waals surface area contributed by atoms with E-state index in [1.807, 2.05) is 6.92 Å². The second-order valence-electron chi connectivity index (χ2n) is 3.81. The minimum atomic E-state index is 0.341. The summed E-state index contributed by atoms with van der Waals surface area (Å²) in [6.45, 7) is 5.14. The first-order chi connectivity index (χ1) is 7.72. The van der Waals surface area contributed by atoms with Crippen LogP contribution in [0.15, 0.2) is 5.38 Å². The van der Waals surface area contributed by atoms with Gasteiger partial charge in [-0.05, 0) is 24.3 Å². The van der Waals surface area contributed by atoms with Crippen LogP contribution in [0.5, 0.6) is 0 Å². The highest BCUT2D eigenvalue weighted by atomic mass is 32.1. The molecule has 0 aliphatic carbocycles. The van der Waals surface area contributed by atoms with Crippen LogP contribution in [0.4, 0.5) is 11.8 Å². The minimum Gasteiger partial charge on any atom is -0.369 e. The summed E-state index contributed by atoms with van der Waals surface area (Å²) in [5, 5.41) is 5.41. The average Bonchev–Trinajstić information content (AvgIpc) is 2.61. The smallest absolute Gasteiger partial charge is 0.222 e. The van der Waals surface area contributed by atoms with Gasteiger partial charge in [-0.1, -0.05) is 13.3 Å². The summed E-state index contributed by atoms with van der Waals surface area (Å²) in [6, 6.07) is 0. The van der Waals surface area contributed by atoms with E-state index in [1.165, 1.54) is 6.42 Å². The molecular weight excluding hydrogens is 220 g/mol. The first kappa shape index (κ1) is 11.1. The van der Waals surface area contributed by atoms with Gasteiger partial charge in [0.2, 0.25) is 5.95 Å². The van der Waals surface area contributed by atoms with Crippen molar-refractivity contribution in [2.24, 2.45) is 0 Å². The molecule has 3 N–H and O–H groups in total. The van der Waals surface area contributed by atoms with Crippen LogP contribution in [-0.4, -0.2) is 16.5 Å². The molecule has 0 aromatic carbocycles. The number of hydrogen-bond acceptors (Lipinski definition) is 5. The van der Waals surface area contributed by atoms with Crippen molar-refractivity contribution >= 4 is 33.3 Å². The number of nitrogen functional groups attached to an aromatic ring is 1. The van der Waals surface area contributed by atoms with Gasteiger partial charge in [0.1, 0.15) is 5.82 Å². The molecule has 0 aliphatic rings. The van der Waals surface area contributed by atoms with Crippen molar-refractivity contribution in [2.45, 2.75) is 26.7 Å². The molecule has 0 spiro atoms. The van der Waals surface area contributed by atoms with E-state index in [4.69, 9.17) is 5.73 Å². The molecule has 2 rings (SSSR count). The minimum absolute atomic E-state index is 0.341. The van der Waals surface area contributed by atoms with Crippen molar-refractivity contribution in [1.82, 2.24) is 9.97 Å². The molecule has 5 heteroatoms. The summed E-state index contributed by atoms with van der Waals surface area (Å²) in [4.78, 5) is 8.51. The zero-order valence-corrected chi connectivity index (χ0v) is 10.4. The summed E-state index contributed by atoms with van der Waals surface area (Å²) in [6.07, 6.45) is 2.30. The van der Waals surface area contributed by atoms with Gasteiger partial charge in [-0.25, -0.2) is 4.98 Å². The molecule has 0 fully saturated rings. The van der Waals surface area contributed by atoms with E-state index in [9.17, 15) is 0 Å². The Morgan fingerprint density at radius 2 is 2.25 bits per heavy atom. The lowest BCUT2D eigenvalue weighted by Gasteiger charge is -2.06. The van der Waals surface area contributed by atoms with Crippen LogP contribution in [0.3, 0.4) is 0 Å². The monoisotopic (exact) mass is 236 g/mol. The number of nitrogens with two attached hydrogens (primary N) is 1. The average molecular weight is 236 g/mol. The molecule has 2 aromatic heterocycles. The van der Waals surface area contributed by atoms with Gasteiger partial charge in [0.25, 0.3) is 0 Å². The van der Waals surface area contributed by atoms with Gasteiger partial charge >= 0.3 is 0 Å². The van der Waals surface area contributed by atoms with Crippen LogP contribution in [0, 0.1) is 6.92 Å². The largest absolute Gasteiger partial charge is 0.369 e. The lowest BCUT2D eigenvalue weighted by molar-refractivity contribution is 0.832. The highest BCUT2D eigenvalue weighted by molar-refractivity contribution is 7.18. The normalized spacial score (nSPS) is 10.9. The first-order valence-electron chi connectivity index (χ1n) is 5.47. The summed E-state index contributed by atoms with van der Waals surface area (Å²) in [5.41, 5.74) is 7.83. The van der Waals surface area contributed by atoms with Gasteiger partial charge in [0.05, 0.1) is 10.2 Å². The van der Waals surface area contributed by atoms with Crippen LogP contribution < -0.4 is 11.1 Å². The fourth-order valence-corrected chi connectivity index (χ4v) is 2.51. The predicted molar refractivity (Wildman–Crippen MR) is 70.0 cm³/mol. The fourth-order valence-electron chi connectivity index (χ4n) is 1.55. The van der Waals surface area contributed by atoms with Crippen LogP contribution in [0.25, 0.3) is 10.2 Å². The quantitative estimate of drug-likeness (QED) is 0.801. The Labute approximate surface area is 98.9 Å². The number of unbranched alkanes of at least 4 members (excludes halogenated alkanes) is 1. The molecule has 2 heterocycles. The zero-order valence-electron chi connectivity index (χ0n) is 9.58. The zero-order chi connectivity index (χ0) is 11.5. The lowest BCUT2D eigenvalue weighted by Crippen LogP contribution is -2.05. The third-order valence-corrected chi connectivity index (χ3v) is 3.53. The molecule has 0 saturated heterocycles. The Morgan fingerprint density at radius 1 is 1.44 bits per heavy atom. The summed E-state index contributed by atoms with van der Waals surface area (Å²) >= 11 is 1.66. The van der Waals surface area contributed by atoms with Gasteiger partial charge < -0.3 is 11.1 Å². The van der Waals surface area contributed by atoms with E-state index in [1.54, 1.807) is 11.3 Å². The molecular formula is C11H16N4S. The maximum absolute atomic E-state index is 5.70. The van der Waals surface area contributed by atoms with E-state index >= 15 is 0 Å². The molecule has 0 bridgehead atoms. The third-order valence-electron chi connectivity index (χ3n) is 2.43. The SMILES string of the molecule is CCCCNc1nc(N)nc2c(C)csc12. The second-order valence-corrected chi connectivity index (χ2v) is 4.69. The van der Waals surface area contributed by atoms with Gasteiger partial charge in [0, 0.05) is 6.54 Å². The number of anilines is 2. The number of rotatable bonds is 4. The summed E-state index contributed by atoms with van der Waals surface area (Å²) in [7, 11) is 0. The maximum atomic E-state index is 5.70. The molecule has 0 unspecified atom stereocenters. The van der Waals surface area contributed by atoms with Crippen molar-refractivity contribution < 1.29 is 0 Å². The molecule has 86 valence electrons. The van der Waals surface area contributed by atoms with Crippen molar-refractivity contribution in [3.05, 3.63) is 10.9 Å². The Balaban J connectivity index is 2.35. The lowest BCUT2D eigenvalue weighted by atomic mass is 10.3. The predicted octanol–water partition coefficient (Wildman–Crippen LogP) is 2.79. The van der Waals surface area contributed by atoms with E-state index in [-0.39, 0.29) is 0 Å². The maximum Gasteiger partial charge on any atom is 0.222 e. The Bertz CT molecular complexity index is 492. The number of aryl methyl sites for hydroxylation is 1. The summed E-state index contributed by atoms with van der Waals surface area (Å²) in [5.74, 6) is 1.21. The topological polar surface area (TPSA) is 63.8 Å². The van der Waals surface area contributed by atoms with Crippen LogP contribution in [0.2, 0.25) is 0 Å². The molecule has 0 atom stereocenters. The summed E-state index contributed by atoms with van der Waals surface area (Å²) < 4.78 is 1.10. The standard InChI is InChI=1S/C11H16N4S/c1-3-4-5-13-10-9-8(7(2)6-16-9)14-11(12)15-10/h6H,3-5H2,1-2H3,(H3,12,13,14,15). The second kappa shape index (κ2) is 4.65. The number of thiophene rings is 1. The van der Waals surface area contributed by atoms with Gasteiger partial charge in [-0.2, -0.15) is 4.98 Å². The van der Waals surface area contributed by atoms with E-state index in [0.717, 1.165) is 34.6 Å². The van der Waals surface area contributed by atoms with Crippen LogP contribution in [-0.2, 0) is 0 Å². The highest BCUT2D eigenvalue weighted by Crippen LogP contribution is 2.29. The molecule has 0 aliphatic heterocycles. The number of nitrogens with one attached hydrogen (secondary N) is 1. The van der Waals surface area contributed by atoms with Crippen molar-refractivity contribution in [1.29, 1.82) is 0 Å². The van der Waals surface area contributed by atoms with Crippen LogP contribution >= 0.6 is 11.3 Å². The van der Waals surface area contributed by atoms with Crippen molar-refractivity contribution in [3.8, 4) is 0 Å². The van der Waals surface area contributed by atoms with E-state index < -0.39 is 0 Å².